The molecule has 0 saturated heterocycles. The van der Waals surface area contributed by atoms with Gasteiger partial charge in [-0.2, -0.15) is 0 Å². The molecule has 4 aromatic rings. The van der Waals surface area contributed by atoms with Gasteiger partial charge in [0.05, 0.1) is 11.0 Å². The summed E-state index contributed by atoms with van der Waals surface area (Å²) in [5, 5.41) is 2.82. The summed E-state index contributed by atoms with van der Waals surface area (Å²) in [6.45, 7) is 0.394. The van der Waals surface area contributed by atoms with Gasteiger partial charge in [0.1, 0.15) is 17.3 Å². The maximum Gasteiger partial charge on any atom is 0.270 e. The smallest absolute Gasteiger partial charge is 0.270 e. The highest BCUT2D eigenvalue weighted by Gasteiger charge is 2.12. The normalized spacial score (nSPS) is 10.9. The number of hydrogen-bond acceptors (Lipinski definition) is 4. The summed E-state index contributed by atoms with van der Waals surface area (Å²) in [7, 11) is 1.96. The van der Waals surface area contributed by atoms with Crippen molar-refractivity contribution in [1.82, 2.24) is 24.8 Å². The summed E-state index contributed by atoms with van der Waals surface area (Å²) in [6, 6.07) is 18.3. The third-order valence-electron chi connectivity index (χ3n) is 4.54. The average Bonchev–Trinajstić information content (AvgIpc) is 3.04. The fourth-order valence-corrected chi connectivity index (χ4v) is 3.10. The lowest BCUT2D eigenvalue weighted by Crippen LogP contribution is -2.28. The lowest BCUT2D eigenvalue weighted by molar-refractivity contribution is 0.0948. The maximum absolute atomic E-state index is 12.5. The summed E-state index contributed by atoms with van der Waals surface area (Å²) in [6.07, 6.45) is 0.575. The highest BCUT2D eigenvalue weighted by atomic mass is 16.2. The average molecular weight is 373 g/mol. The number of aryl methyl sites for hydroxylation is 1. The fourth-order valence-electron chi connectivity index (χ4n) is 3.10. The number of para-hydroxylation sites is 2. The number of rotatable bonds is 5. The minimum Gasteiger partial charge on any atom is -0.350 e. The molecule has 0 aliphatic carbocycles. The van der Waals surface area contributed by atoms with Crippen molar-refractivity contribution in [2.45, 2.75) is 6.42 Å². The van der Waals surface area contributed by atoms with Gasteiger partial charge in [0.2, 0.25) is 0 Å². The molecule has 0 bridgehead atoms. The number of fused-ring (bicyclic) bond motifs is 1. The van der Waals surface area contributed by atoms with E-state index in [1.54, 1.807) is 0 Å². The van der Waals surface area contributed by atoms with Crippen LogP contribution in [0.15, 0.2) is 65.5 Å². The van der Waals surface area contributed by atoms with E-state index >= 15 is 0 Å². The van der Waals surface area contributed by atoms with Crippen LogP contribution in [-0.4, -0.2) is 32.0 Å². The number of carbonyl (C=O) groups is 1. The Kier molecular flexibility index (Phi) is 4.72. The Labute approximate surface area is 161 Å². The first-order valence-corrected chi connectivity index (χ1v) is 8.97. The number of H-pyrrole nitrogens is 1. The molecule has 2 aromatic heterocycles. The van der Waals surface area contributed by atoms with Crippen molar-refractivity contribution >= 4 is 16.9 Å². The Morgan fingerprint density at radius 3 is 2.61 bits per heavy atom. The molecule has 4 rings (SSSR count). The van der Waals surface area contributed by atoms with Crippen LogP contribution in [0.5, 0.6) is 0 Å². The predicted octanol–water partition coefficient (Wildman–Crippen LogP) is 2.30. The first-order chi connectivity index (χ1) is 13.6. The van der Waals surface area contributed by atoms with Gasteiger partial charge >= 0.3 is 0 Å². The minimum absolute atomic E-state index is 0.0904. The van der Waals surface area contributed by atoms with Crippen LogP contribution in [0.1, 0.15) is 16.3 Å². The van der Waals surface area contributed by atoms with E-state index in [2.05, 4.69) is 20.3 Å². The van der Waals surface area contributed by atoms with E-state index in [9.17, 15) is 9.59 Å². The van der Waals surface area contributed by atoms with Crippen LogP contribution in [0.25, 0.3) is 22.4 Å². The Morgan fingerprint density at radius 2 is 1.82 bits per heavy atom. The van der Waals surface area contributed by atoms with Crippen LogP contribution < -0.4 is 10.9 Å². The van der Waals surface area contributed by atoms with E-state index in [-0.39, 0.29) is 17.2 Å². The lowest BCUT2D eigenvalue weighted by atomic mass is 10.2. The van der Waals surface area contributed by atoms with Gasteiger partial charge in [-0.25, -0.2) is 9.97 Å². The highest BCUT2D eigenvalue weighted by Crippen LogP contribution is 2.14. The second-order valence-electron chi connectivity index (χ2n) is 6.43. The topological polar surface area (TPSA) is 92.7 Å². The maximum atomic E-state index is 12.5. The Morgan fingerprint density at radius 1 is 1.07 bits per heavy atom. The number of aromatic amines is 1. The Bertz CT molecular complexity index is 1190. The van der Waals surface area contributed by atoms with E-state index in [1.165, 1.54) is 6.07 Å². The van der Waals surface area contributed by atoms with Crippen LogP contribution in [-0.2, 0) is 13.5 Å². The number of imidazole rings is 1. The molecular weight excluding hydrogens is 354 g/mol. The SMILES string of the molecule is Cn1c(CCNC(=O)c2cc(=O)[nH]c(-c3ccccc3)n2)nc2ccccc21. The van der Waals surface area contributed by atoms with Crippen molar-refractivity contribution in [1.29, 1.82) is 0 Å². The third-order valence-corrected chi connectivity index (χ3v) is 4.54. The zero-order chi connectivity index (χ0) is 19.5. The van der Waals surface area contributed by atoms with E-state index in [1.807, 2.05) is 66.2 Å². The number of carbonyl (C=O) groups excluding carboxylic acids is 1. The molecule has 0 radical (unpaired) electrons. The van der Waals surface area contributed by atoms with E-state index in [4.69, 9.17) is 0 Å². The number of aromatic nitrogens is 4. The first-order valence-electron chi connectivity index (χ1n) is 8.97. The molecule has 0 atom stereocenters. The molecule has 28 heavy (non-hydrogen) atoms. The van der Waals surface area contributed by atoms with Gasteiger partial charge in [0.25, 0.3) is 11.5 Å². The van der Waals surface area contributed by atoms with Gasteiger partial charge in [0.15, 0.2) is 0 Å². The molecule has 0 aliphatic rings. The first kappa shape index (κ1) is 17.7. The largest absolute Gasteiger partial charge is 0.350 e. The Balaban J connectivity index is 1.47. The number of hydrogen-bond donors (Lipinski definition) is 2. The highest BCUT2D eigenvalue weighted by molar-refractivity contribution is 5.92. The second kappa shape index (κ2) is 7.48. The van der Waals surface area contributed by atoms with Crippen molar-refractivity contribution in [3.05, 3.63) is 82.5 Å². The Hall–Kier alpha value is -3.74. The second-order valence-corrected chi connectivity index (χ2v) is 6.43. The summed E-state index contributed by atoms with van der Waals surface area (Å²) < 4.78 is 2.01. The van der Waals surface area contributed by atoms with Crippen LogP contribution in [0.3, 0.4) is 0 Å². The summed E-state index contributed by atoms with van der Waals surface area (Å²) in [5.74, 6) is 0.862. The predicted molar refractivity (Wildman–Crippen MR) is 107 cm³/mol. The van der Waals surface area contributed by atoms with Gasteiger partial charge < -0.3 is 14.9 Å². The zero-order valence-corrected chi connectivity index (χ0v) is 15.3. The summed E-state index contributed by atoms with van der Waals surface area (Å²) in [4.78, 5) is 36.0. The van der Waals surface area contributed by atoms with Crippen LogP contribution in [0, 0.1) is 0 Å². The minimum atomic E-state index is -0.387. The van der Waals surface area contributed by atoms with Crippen molar-refractivity contribution in [3.63, 3.8) is 0 Å². The summed E-state index contributed by atoms with van der Waals surface area (Å²) >= 11 is 0. The molecule has 2 aromatic carbocycles. The van der Waals surface area contributed by atoms with Crippen LogP contribution in [0.2, 0.25) is 0 Å². The molecular formula is C21H19N5O2. The van der Waals surface area contributed by atoms with Crippen LogP contribution >= 0.6 is 0 Å². The van der Waals surface area contributed by atoms with Crippen molar-refractivity contribution in [3.8, 4) is 11.4 Å². The standard InChI is InChI=1S/C21H19N5O2/c1-26-17-10-6-5-9-15(17)23-18(26)11-12-22-21(28)16-13-19(27)25-20(24-16)14-7-3-2-4-8-14/h2-10,13H,11-12H2,1H3,(H,22,28)(H,24,25,27). The quantitative estimate of drug-likeness (QED) is 0.561. The number of amides is 1. The molecule has 2 N–H and O–H groups in total. The molecule has 0 unspecified atom stereocenters. The van der Waals surface area contributed by atoms with E-state index < -0.39 is 0 Å². The van der Waals surface area contributed by atoms with Crippen molar-refractivity contribution in [2.75, 3.05) is 6.54 Å². The van der Waals surface area contributed by atoms with E-state index in [0.29, 0.717) is 18.8 Å². The molecule has 0 fully saturated rings. The van der Waals surface area contributed by atoms with Crippen LogP contribution in [0.4, 0.5) is 0 Å². The summed E-state index contributed by atoms with van der Waals surface area (Å²) in [5.41, 5.74) is 2.44. The third kappa shape index (κ3) is 3.55. The van der Waals surface area contributed by atoms with E-state index in [0.717, 1.165) is 22.4 Å². The molecule has 0 aliphatic heterocycles. The molecule has 2 heterocycles. The van der Waals surface area contributed by atoms with Crippen molar-refractivity contribution < 1.29 is 4.79 Å². The van der Waals surface area contributed by atoms with Gasteiger partial charge in [-0.05, 0) is 12.1 Å². The van der Waals surface area contributed by atoms with Gasteiger partial charge in [-0.15, -0.1) is 0 Å². The lowest BCUT2D eigenvalue weighted by Gasteiger charge is -2.07. The number of nitrogens with zero attached hydrogens (tertiary/aromatic N) is 3. The monoisotopic (exact) mass is 373 g/mol. The number of nitrogens with one attached hydrogen (secondary N) is 2. The molecule has 140 valence electrons. The van der Waals surface area contributed by atoms with Crippen molar-refractivity contribution in [2.24, 2.45) is 7.05 Å². The number of benzene rings is 2. The molecule has 0 saturated carbocycles. The van der Waals surface area contributed by atoms with Gasteiger partial charge in [-0.3, -0.25) is 9.59 Å². The fraction of sp³-hybridized carbons (Fsp3) is 0.143. The molecule has 7 nitrogen and oxygen atoms in total. The zero-order valence-electron chi connectivity index (χ0n) is 15.3. The molecule has 7 heteroatoms. The molecule has 0 spiro atoms. The van der Waals surface area contributed by atoms with Gasteiger partial charge in [-0.1, -0.05) is 42.5 Å². The molecule has 1 amide bonds. The van der Waals surface area contributed by atoms with Gasteiger partial charge in [0, 0.05) is 31.6 Å².